The molecule has 0 aliphatic carbocycles. The van der Waals surface area contributed by atoms with E-state index in [4.69, 9.17) is 0 Å². The highest BCUT2D eigenvalue weighted by Gasteiger charge is 2.22. The Kier molecular flexibility index (Phi) is 4.12. The Morgan fingerprint density at radius 1 is 1.28 bits per heavy atom. The minimum Gasteiger partial charge on any atom is -0.343 e. The molecule has 1 saturated heterocycles. The molecule has 0 spiro atoms. The van der Waals surface area contributed by atoms with Crippen LogP contribution in [-0.2, 0) is 4.79 Å². The average molecular weight is 248 g/mol. The van der Waals surface area contributed by atoms with E-state index in [0.717, 1.165) is 31.5 Å². The number of nitrogens with one attached hydrogen (secondary N) is 1. The summed E-state index contributed by atoms with van der Waals surface area (Å²) in [6, 6.07) is -0.272. The molecular formula is C13H20N4O. The molecule has 1 N–H and O–H groups in total. The van der Waals surface area contributed by atoms with E-state index < -0.39 is 0 Å². The van der Waals surface area contributed by atoms with Crippen molar-refractivity contribution in [1.82, 2.24) is 14.9 Å². The number of nitrogens with zero attached hydrogens (tertiary/aromatic N) is 3. The van der Waals surface area contributed by atoms with E-state index in [2.05, 4.69) is 15.3 Å². The highest BCUT2D eigenvalue weighted by atomic mass is 16.2. The number of aryl methyl sites for hydroxylation is 1. The van der Waals surface area contributed by atoms with Gasteiger partial charge in [0.15, 0.2) is 0 Å². The third-order valence-electron chi connectivity index (χ3n) is 3.16. The van der Waals surface area contributed by atoms with Crippen molar-refractivity contribution in [2.45, 2.75) is 39.2 Å². The number of hydrogen-bond acceptors (Lipinski definition) is 4. The number of amides is 1. The van der Waals surface area contributed by atoms with Gasteiger partial charge in [0.1, 0.15) is 6.04 Å². The van der Waals surface area contributed by atoms with Gasteiger partial charge in [-0.2, -0.15) is 0 Å². The first kappa shape index (κ1) is 12.8. The summed E-state index contributed by atoms with van der Waals surface area (Å²) in [5.74, 6) is 0.650. The van der Waals surface area contributed by atoms with Crippen molar-refractivity contribution in [3.05, 3.63) is 18.0 Å². The maximum absolute atomic E-state index is 12.2. The van der Waals surface area contributed by atoms with Crippen LogP contribution in [0, 0.1) is 6.92 Å². The number of rotatable bonds is 3. The summed E-state index contributed by atoms with van der Waals surface area (Å²) in [5.41, 5.74) is 1.01. The predicted octanol–water partition coefficient (Wildman–Crippen LogP) is 1.60. The van der Waals surface area contributed by atoms with Crippen molar-refractivity contribution in [2.75, 3.05) is 18.4 Å². The van der Waals surface area contributed by atoms with E-state index in [9.17, 15) is 4.79 Å². The molecule has 0 bridgehead atoms. The maximum Gasteiger partial charge on any atom is 0.244 e. The molecule has 5 nitrogen and oxygen atoms in total. The molecule has 0 saturated carbocycles. The van der Waals surface area contributed by atoms with Crippen molar-refractivity contribution in [3.8, 4) is 0 Å². The van der Waals surface area contributed by atoms with Gasteiger partial charge in [-0.05, 0) is 38.7 Å². The molecule has 2 rings (SSSR count). The maximum atomic E-state index is 12.2. The minimum atomic E-state index is -0.272. The molecule has 1 aliphatic rings. The highest BCUT2D eigenvalue weighted by molar-refractivity contribution is 5.83. The van der Waals surface area contributed by atoms with E-state index in [-0.39, 0.29) is 11.9 Å². The van der Waals surface area contributed by atoms with E-state index in [1.807, 2.05) is 18.7 Å². The second-order valence-corrected chi connectivity index (χ2v) is 4.84. The molecule has 1 aliphatic heterocycles. The van der Waals surface area contributed by atoms with Gasteiger partial charge in [0, 0.05) is 25.5 Å². The van der Waals surface area contributed by atoms with Crippen LogP contribution in [0.2, 0.25) is 0 Å². The minimum absolute atomic E-state index is 0.138. The molecule has 1 amide bonds. The number of aromatic nitrogens is 2. The molecule has 98 valence electrons. The van der Waals surface area contributed by atoms with Crippen LogP contribution in [0.4, 0.5) is 5.95 Å². The lowest BCUT2D eigenvalue weighted by Gasteiger charge is -2.29. The Balaban J connectivity index is 1.92. The summed E-state index contributed by atoms with van der Waals surface area (Å²) in [6.07, 6.45) is 6.94. The van der Waals surface area contributed by atoms with Crippen LogP contribution in [0.3, 0.4) is 0 Å². The first-order valence-electron chi connectivity index (χ1n) is 6.51. The first-order chi connectivity index (χ1) is 8.66. The van der Waals surface area contributed by atoms with Crippen molar-refractivity contribution in [1.29, 1.82) is 0 Å². The van der Waals surface area contributed by atoms with Crippen LogP contribution in [0.5, 0.6) is 0 Å². The van der Waals surface area contributed by atoms with Crippen molar-refractivity contribution in [3.63, 3.8) is 0 Å². The molecule has 18 heavy (non-hydrogen) atoms. The lowest BCUT2D eigenvalue weighted by molar-refractivity contribution is -0.132. The molecule has 1 atom stereocenters. The Labute approximate surface area is 108 Å². The zero-order valence-electron chi connectivity index (χ0n) is 11.0. The summed E-state index contributed by atoms with van der Waals surface area (Å²) in [7, 11) is 0. The molecule has 2 heterocycles. The van der Waals surface area contributed by atoms with Gasteiger partial charge in [-0.1, -0.05) is 0 Å². The Hall–Kier alpha value is -1.65. The molecular weight excluding hydrogens is 228 g/mol. The fourth-order valence-corrected chi connectivity index (χ4v) is 2.11. The number of piperidine rings is 1. The largest absolute Gasteiger partial charge is 0.343 e. The van der Waals surface area contributed by atoms with Crippen LogP contribution in [0.15, 0.2) is 12.4 Å². The van der Waals surface area contributed by atoms with Gasteiger partial charge in [-0.15, -0.1) is 0 Å². The van der Waals surface area contributed by atoms with Crippen molar-refractivity contribution >= 4 is 11.9 Å². The topological polar surface area (TPSA) is 58.1 Å². The lowest BCUT2D eigenvalue weighted by Crippen LogP contribution is -2.44. The number of carbonyl (C=O) groups is 1. The zero-order valence-corrected chi connectivity index (χ0v) is 11.0. The SMILES string of the molecule is Cc1cnc(NC(C)C(=O)N2CCCCC2)nc1. The molecule has 1 fully saturated rings. The Morgan fingerprint density at radius 3 is 2.50 bits per heavy atom. The molecule has 1 unspecified atom stereocenters. The van der Waals surface area contributed by atoms with Crippen molar-refractivity contribution in [2.24, 2.45) is 0 Å². The number of carbonyl (C=O) groups excluding carboxylic acids is 1. The van der Waals surface area contributed by atoms with Gasteiger partial charge in [-0.3, -0.25) is 4.79 Å². The van der Waals surface area contributed by atoms with Crippen LogP contribution in [0.1, 0.15) is 31.7 Å². The van der Waals surface area contributed by atoms with Gasteiger partial charge >= 0.3 is 0 Å². The summed E-state index contributed by atoms with van der Waals surface area (Å²) >= 11 is 0. The summed E-state index contributed by atoms with van der Waals surface area (Å²) in [4.78, 5) is 22.4. The average Bonchev–Trinajstić information content (AvgIpc) is 2.41. The second kappa shape index (κ2) is 5.80. The normalized spacial score (nSPS) is 17.3. The standard InChI is InChI=1S/C13H20N4O/c1-10-8-14-13(15-9-10)16-11(2)12(18)17-6-4-3-5-7-17/h8-9,11H,3-7H2,1-2H3,(H,14,15,16). The van der Waals surface area contributed by atoms with Gasteiger partial charge in [0.05, 0.1) is 0 Å². The second-order valence-electron chi connectivity index (χ2n) is 4.84. The number of anilines is 1. The smallest absolute Gasteiger partial charge is 0.244 e. The predicted molar refractivity (Wildman–Crippen MR) is 70.3 cm³/mol. The quantitative estimate of drug-likeness (QED) is 0.882. The summed E-state index contributed by atoms with van der Waals surface area (Å²) in [6.45, 7) is 5.55. The number of likely N-dealkylation sites (tertiary alicyclic amines) is 1. The van der Waals surface area contributed by atoms with E-state index in [0.29, 0.717) is 5.95 Å². The Morgan fingerprint density at radius 2 is 1.89 bits per heavy atom. The van der Waals surface area contributed by atoms with Crippen LogP contribution in [0.25, 0.3) is 0 Å². The fourth-order valence-electron chi connectivity index (χ4n) is 2.11. The van der Waals surface area contributed by atoms with Gasteiger partial charge < -0.3 is 10.2 Å². The molecule has 5 heteroatoms. The zero-order chi connectivity index (χ0) is 13.0. The van der Waals surface area contributed by atoms with E-state index in [1.165, 1.54) is 6.42 Å². The molecule has 0 radical (unpaired) electrons. The van der Waals surface area contributed by atoms with Gasteiger partial charge in [0.2, 0.25) is 11.9 Å². The molecule has 1 aromatic rings. The monoisotopic (exact) mass is 248 g/mol. The van der Waals surface area contributed by atoms with Gasteiger partial charge in [0.25, 0.3) is 0 Å². The lowest BCUT2D eigenvalue weighted by atomic mass is 10.1. The third-order valence-corrected chi connectivity index (χ3v) is 3.16. The van der Waals surface area contributed by atoms with Crippen LogP contribution >= 0.6 is 0 Å². The number of hydrogen-bond donors (Lipinski definition) is 1. The summed E-state index contributed by atoms with van der Waals surface area (Å²) in [5, 5.41) is 3.05. The van der Waals surface area contributed by atoms with Gasteiger partial charge in [-0.25, -0.2) is 9.97 Å². The van der Waals surface area contributed by atoms with E-state index >= 15 is 0 Å². The molecule has 0 aromatic carbocycles. The van der Waals surface area contributed by atoms with Crippen LogP contribution in [-0.4, -0.2) is 39.9 Å². The summed E-state index contributed by atoms with van der Waals surface area (Å²) < 4.78 is 0. The first-order valence-corrected chi connectivity index (χ1v) is 6.51. The highest BCUT2D eigenvalue weighted by Crippen LogP contribution is 2.11. The molecule has 1 aromatic heterocycles. The van der Waals surface area contributed by atoms with Crippen molar-refractivity contribution < 1.29 is 4.79 Å². The Bertz CT molecular complexity index is 398. The van der Waals surface area contributed by atoms with E-state index in [1.54, 1.807) is 12.4 Å². The third kappa shape index (κ3) is 3.18. The fraction of sp³-hybridized carbons (Fsp3) is 0.615. The van der Waals surface area contributed by atoms with Crippen LogP contribution < -0.4 is 5.32 Å².